The van der Waals surface area contributed by atoms with Crippen LogP contribution in [-0.2, 0) is 21.6 Å². The Hall–Kier alpha value is -4.40. The van der Waals surface area contributed by atoms with E-state index >= 15 is 0 Å². The first-order valence-corrected chi connectivity index (χ1v) is 21.0. The molecule has 0 aliphatic rings. The van der Waals surface area contributed by atoms with E-state index in [4.69, 9.17) is 0 Å². The Morgan fingerprint density at radius 2 is 0.481 bits per heavy atom. The molecule has 278 valence electrons. The van der Waals surface area contributed by atoms with Crippen LogP contribution in [0.1, 0.15) is 89.7 Å². The minimum atomic E-state index is -0.611. The van der Waals surface area contributed by atoms with E-state index in [-0.39, 0.29) is 11.8 Å². The van der Waals surface area contributed by atoms with Gasteiger partial charge in [-0.2, -0.15) is 0 Å². The number of rotatable bonds is 6. The highest BCUT2D eigenvalue weighted by molar-refractivity contribution is 7.83. The van der Waals surface area contributed by atoms with Crippen LogP contribution in [-0.4, -0.2) is 53.9 Å². The van der Waals surface area contributed by atoms with Gasteiger partial charge in [-0.25, -0.2) is 0 Å². The zero-order valence-corrected chi connectivity index (χ0v) is 34.1. The monoisotopic (exact) mass is 742 g/mol. The van der Waals surface area contributed by atoms with E-state index in [1.54, 1.807) is 25.0 Å². The van der Waals surface area contributed by atoms with Crippen molar-refractivity contribution in [2.75, 3.05) is 25.0 Å². The van der Waals surface area contributed by atoms with Gasteiger partial charge in [0.2, 0.25) is 0 Å². The molecule has 4 N–H and O–H groups in total. The lowest BCUT2D eigenvalue weighted by Gasteiger charge is -2.25. The largest absolute Gasteiger partial charge is 0.507 e. The summed E-state index contributed by atoms with van der Waals surface area (Å²) >= 11 is 0. The third-order valence-electron chi connectivity index (χ3n) is 8.99. The average Bonchev–Trinajstić information content (AvgIpc) is 3.04. The number of hydrogen-bond donors (Lipinski definition) is 4. The van der Waals surface area contributed by atoms with E-state index in [0.717, 1.165) is 77.9 Å². The molecule has 52 heavy (non-hydrogen) atoms. The van der Waals surface area contributed by atoms with Gasteiger partial charge in [0.05, 0.1) is 0 Å². The predicted octanol–water partition coefficient (Wildman–Crippen LogP) is 9.33. The van der Waals surface area contributed by atoms with Crippen molar-refractivity contribution in [3.8, 4) is 23.0 Å². The summed E-state index contributed by atoms with van der Waals surface area (Å²) in [5.74, 6) is 1.00. The highest BCUT2D eigenvalue weighted by Crippen LogP contribution is 2.41. The Morgan fingerprint density at radius 3 is 0.615 bits per heavy atom. The second-order valence-electron chi connectivity index (χ2n) is 14.0. The number of hydrogen-bond acceptors (Lipinski definition) is 6. The van der Waals surface area contributed by atoms with Gasteiger partial charge in [-0.3, -0.25) is 8.42 Å². The maximum Gasteiger partial charge on any atom is 0.121 e. The van der Waals surface area contributed by atoms with Crippen LogP contribution in [0.3, 0.4) is 0 Å². The summed E-state index contributed by atoms with van der Waals surface area (Å²) in [6, 6.07) is 25.1. The maximum absolute atomic E-state index is 10.5. The molecule has 0 atom stereocenters. The molecule has 6 nitrogen and oxygen atoms in total. The molecule has 0 saturated carbocycles. The first-order chi connectivity index (χ1) is 24.2. The van der Waals surface area contributed by atoms with Crippen LogP contribution in [0.2, 0.25) is 0 Å². The first-order valence-electron chi connectivity index (χ1n) is 17.0. The van der Waals surface area contributed by atoms with Crippen molar-refractivity contribution < 1.29 is 28.8 Å². The second kappa shape index (κ2) is 17.9. The van der Waals surface area contributed by atoms with Gasteiger partial charge in [0.25, 0.3) is 0 Å². The number of phenols is 4. The fourth-order valence-corrected chi connectivity index (χ4v) is 6.66. The molecule has 0 spiro atoms. The van der Waals surface area contributed by atoms with Crippen molar-refractivity contribution in [2.45, 2.75) is 67.2 Å². The lowest BCUT2D eigenvalue weighted by Crippen LogP contribution is -2.08. The normalized spacial score (nSPS) is 11.1. The van der Waals surface area contributed by atoms with Gasteiger partial charge in [0.1, 0.15) is 23.0 Å². The van der Waals surface area contributed by atoms with Crippen LogP contribution >= 0.6 is 0 Å². The van der Waals surface area contributed by atoms with Crippen molar-refractivity contribution in [2.24, 2.45) is 0 Å². The summed E-state index contributed by atoms with van der Waals surface area (Å²) < 4.78 is 19.1. The van der Waals surface area contributed by atoms with E-state index in [1.165, 1.54) is 0 Å². The molecular formula is C44H54O6S2. The molecule has 0 amide bonds. The summed E-state index contributed by atoms with van der Waals surface area (Å²) in [4.78, 5) is 0. The van der Waals surface area contributed by atoms with Crippen LogP contribution in [0.4, 0.5) is 0 Å². The molecule has 0 fully saturated rings. The van der Waals surface area contributed by atoms with Crippen molar-refractivity contribution >= 4 is 21.6 Å². The Bertz CT molecular complexity index is 1730. The molecule has 0 unspecified atom stereocenters. The molecule has 5 aromatic rings. The van der Waals surface area contributed by atoms with Crippen molar-refractivity contribution in [1.29, 1.82) is 0 Å². The number of aromatic hydroxyl groups is 4. The first kappa shape index (κ1) is 42.0. The van der Waals surface area contributed by atoms with Crippen LogP contribution in [0.15, 0.2) is 72.8 Å². The van der Waals surface area contributed by atoms with Crippen molar-refractivity contribution in [3.05, 3.63) is 151 Å². The van der Waals surface area contributed by atoms with E-state index in [0.29, 0.717) is 23.0 Å². The Balaban J connectivity index is 0.000000827. The van der Waals surface area contributed by atoms with Gasteiger partial charge in [-0.15, -0.1) is 0 Å². The standard InChI is InChI=1S/C40H42O4.2C2H6OS/c1-21-13-31(14-22(2)37(21)41)35(32-15-23(3)38(42)24(4)16-32)29-9-11-30(12-10-29)36(33-17-25(5)39(43)26(6)18-33)34-19-27(7)40(44)28(8)20-34;2*1-4(2)3/h9-20,35-36,41-44H,1-8H3;2*1-2H3. The Labute approximate surface area is 315 Å². The minimum absolute atomic E-state index is 0.116. The molecule has 0 aliphatic carbocycles. The third-order valence-corrected chi connectivity index (χ3v) is 8.99. The SMILES string of the molecule is CS(C)=O.CS(C)=O.Cc1cc(C(c2ccc(C(c3cc(C)c(O)c(C)c3)c3cc(C)c(O)c(C)c3)cc2)c2cc(C)c(O)c(C)c2)cc(C)c1O. The average molecular weight is 743 g/mol. The summed E-state index contributed by atoms with van der Waals surface area (Å²) in [6.45, 7) is 15.4. The van der Waals surface area contributed by atoms with Gasteiger partial charge >= 0.3 is 0 Å². The topological polar surface area (TPSA) is 115 Å². The summed E-state index contributed by atoms with van der Waals surface area (Å²) in [5.41, 5.74) is 13.1. The number of benzene rings is 5. The smallest absolute Gasteiger partial charge is 0.121 e. The predicted molar refractivity (Wildman–Crippen MR) is 219 cm³/mol. The van der Waals surface area contributed by atoms with E-state index in [1.807, 2.05) is 104 Å². The van der Waals surface area contributed by atoms with Gasteiger partial charge < -0.3 is 20.4 Å². The fraction of sp³-hybridized carbons (Fsp3) is 0.318. The maximum atomic E-state index is 10.5. The molecule has 0 radical (unpaired) electrons. The van der Waals surface area contributed by atoms with Crippen LogP contribution in [0.25, 0.3) is 0 Å². The van der Waals surface area contributed by atoms with Crippen LogP contribution in [0.5, 0.6) is 23.0 Å². The Morgan fingerprint density at radius 1 is 0.346 bits per heavy atom. The van der Waals surface area contributed by atoms with Gasteiger partial charge in [0.15, 0.2) is 0 Å². The molecule has 0 saturated heterocycles. The second-order valence-corrected chi connectivity index (χ2v) is 17.0. The van der Waals surface area contributed by atoms with Crippen LogP contribution in [0, 0.1) is 55.4 Å². The molecule has 8 heteroatoms. The summed E-state index contributed by atoms with van der Waals surface area (Å²) in [7, 11) is -1.22. The van der Waals surface area contributed by atoms with Crippen molar-refractivity contribution in [3.63, 3.8) is 0 Å². The van der Waals surface area contributed by atoms with Gasteiger partial charge in [0, 0.05) is 58.5 Å². The van der Waals surface area contributed by atoms with Gasteiger partial charge in [-0.1, -0.05) is 72.8 Å². The van der Waals surface area contributed by atoms with Crippen molar-refractivity contribution in [1.82, 2.24) is 0 Å². The molecular weight excluding hydrogens is 689 g/mol. The van der Waals surface area contributed by atoms with Crippen LogP contribution < -0.4 is 0 Å². The molecule has 0 heterocycles. The molecule has 0 aliphatic heterocycles. The molecule has 5 aromatic carbocycles. The molecule has 5 rings (SSSR count). The summed E-state index contributed by atoms with van der Waals surface area (Å²) in [5, 5.41) is 42.2. The lowest BCUT2D eigenvalue weighted by atomic mass is 9.79. The third kappa shape index (κ3) is 10.4. The van der Waals surface area contributed by atoms with E-state index in [9.17, 15) is 28.8 Å². The quantitative estimate of drug-likeness (QED) is 0.129. The summed E-state index contributed by atoms with van der Waals surface area (Å²) in [6.07, 6.45) is 6.56. The highest BCUT2D eigenvalue weighted by atomic mass is 32.2. The van der Waals surface area contributed by atoms with Gasteiger partial charge in [-0.05, 0) is 133 Å². The van der Waals surface area contributed by atoms with E-state index in [2.05, 4.69) is 24.3 Å². The minimum Gasteiger partial charge on any atom is -0.507 e. The zero-order valence-electron chi connectivity index (χ0n) is 32.5. The zero-order chi connectivity index (χ0) is 39.2. The van der Waals surface area contributed by atoms with E-state index < -0.39 is 21.6 Å². The molecule has 0 aromatic heterocycles. The number of phenolic OH excluding ortho intramolecular Hbond substituents is 4. The number of aryl methyl sites for hydroxylation is 8. The fourth-order valence-electron chi connectivity index (χ4n) is 6.66. The highest BCUT2D eigenvalue weighted by Gasteiger charge is 2.24. The lowest BCUT2D eigenvalue weighted by molar-refractivity contribution is 0.465. The Kier molecular flexibility index (Phi) is 14.5. The molecule has 0 bridgehead atoms.